The largest absolute Gasteiger partial charge is 0.354 e. The summed E-state index contributed by atoms with van der Waals surface area (Å²) in [5.41, 5.74) is 7.23. The average molecular weight is 398 g/mol. The zero-order valence-corrected chi connectivity index (χ0v) is 17.6. The number of hydrogen-bond acceptors (Lipinski definition) is 3. The first kappa shape index (κ1) is 18.3. The van der Waals surface area contributed by atoms with Gasteiger partial charge in [-0.25, -0.2) is 0 Å². The molecule has 0 aromatic heterocycles. The Labute approximate surface area is 176 Å². The fraction of sp³-hybridized carbons (Fsp3) is 0.192. The Kier molecular flexibility index (Phi) is 4.18. The topological polar surface area (TPSA) is 29.1 Å². The molecule has 5 rings (SSSR count). The first-order valence-corrected chi connectivity index (χ1v) is 10.8. The van der Waals surface area contributed by atoms with Crippen molar-refractivity contribution in [3.8, 4) is 0 Å². The third-order valence-corrected chi connectivity index (χ3v) is 7.04. The maximum Gasteiger partial charge on any atom is 0.193 e. The minimum absolute atomic E-state index is 0.0462. The second-order valence-electron chi connectivity index (χ2n) is 8.65. The van der Waals surface area contributed by atoms with Gasteiger partial charge in [-0.1, -0.05) is 81.4 Å². The molecular weight excluding hydrogens is 374 g/mol. The van der Waals surface area contributed by atoms with E-state index in [9.17, 15) is 4.79 Å². The molecule has 1 aliphatic carbocycles. The molecule has 0 fully saturated rings. The van der Waals surface area contributed by atoms with Gasteiger partial charge in [0.15, 0.2) is 5.78 Å². The van der Waals surface area contributed by atoms with Crippen molar-refractivity contribution in [2.24, 2.45) is 0 Å². The van der Waals surface area contributed by atoms with Gasteiger partial charge in [0.1, 0.15) is 0 Å². The first-order valence-electron chi connectivity index (χ1n) is 9.95. The van der Waals surface area contributed by atoms with E-state index in [0.29, 0.717) is 0 Å². The standard InChI is InChI=1S/C26H23NOS/c1-26(2,3)17-14-12-16(13-15-17)25-22-23(18-8-4-5-9-19(18)24(22)28)27-20-10-6-7-11-21(20)29-25/h4-15,25,27H,1-3H3/t25-/m0/s1. The van der Waals surface area contributed by atoms with Crippen LogP contribution in [-0.4, -0.2) is 5.78 Å². The zero-order chi connectivity index (χ0) is 20.2. The molecule has 0 amide bonds. The number of benzene rings is 3. The summed E-state index contributed by atoms with van der Waals surface area (Å²) in [5, 5.41) is 3.54. The van der Waals surface area contributed by atoms with Gasteiger partial charge < -0.3 is 5.32 Å². The van der Waals surface area contributed by atoms with Gasteiger partial charge in [-0.2, -0.15) is 0 Å². The summed E-state index contributed by atoms with van der Waals surface area (Å²) in [6.07, 6.45) is 0. The number of rotatable bonds is 1. The van der Waals surface area contributed by atoms with Gasteiger partial charge in [-0.05, 0) is 28.7 Å². The molecule has 0 radical (unpaired) electrons. The van der Waals surface area contributed by atoms with Crippen LogP contribution in [-0.2, 0) is 5.41 Å². The highest BCUT2D eigenvalue weighted by atomic mass is 32.2. The SMILES string of the molecule is CC(C)(C)c1ccc([C@@H]2Sc3ccccc3NC3=C2C(=O)c2ccccc23)cc1. The van der Waals surface area contributed by atoms with Crippen molar-refractivity contribution in [3.63, 3.8) is 0 Å². The Morgan fingerprint density at radius 2 is 1.48 bits per heavy atom. The van der Waals surface area contributed by atoms with E-state index in [1.807, 2.05) is 30.3 Å². The lowest BCUT2D eigenvalue weighted by molar-refractivity contribution is 0.103. The summed E-state index contributed by atoms with van der Waals surface area (Å²) < 4.78 is 0. The Hall–Kier alpha value is -2.78. The van der Waals surface area contributed by atoms with Crippen LogP contribution in [0.15, 0.2) is 83.3 Å². The van der Waals surface area contributed by atoms with Gasteiger partial charge in [0.25, 0.3) is 0 Å². The van der Waals surface area contributed by atoms with Gasteiger partial charge in [0, 0.05) is 21.6 Å². The average Bonchev–Trinajstić information content (AvgIpc) is 2.88. The Bertz CT molecular complexity index is 1150. The lowest BCUT2D eigenvalue weighted by atomic mass is 9.86. The summed E-state index contributed by atoms with van der Waals surface area (Å²) in [6.45, 7) is 6.67. The van der Waals surface area contributed by atoms with Crippen LogP contribution < -0.4 is 5.32 Å². The Balaban J connectivity index is 1.68. The number of carbonyl (C=O) groups is 1. The van der Waals surface area contributed by atoms with Crippen molar-refractivity contribution in [1.82, 2.24) is 0 Å². The van der Waals surface area contributed by atoms with Crippen molar-refractivity contribution in [2.45, 2.75) is 36.3 Å². The van der Waals surface area contributed by atoms with Crippen LogP contribution in [0.25, 0.3) is 5.70 Å². The number of hydrogen-bond donors (Lipinski definition) is 1. The van der Waals surface area contributed by atoms with Crippen molar-refractivity contribution < 1.29 is 4.79 Å². The molecule has 3 aromatic carbocycles. The van der Waals surface area contributed by atoms with Crippen LogP contribution in [0.3, 0.4) is 0 Å². The van der Waals surface area contributed by atoms with E-state index in [4.69, 9.17) is 0 Å². The summed E-state index contributed by atoms with van der Waals surface area (Å²) >= 11 is 1.75. The predicted octanol–water partition coefficient (Wildman–Crippen LogP) is 6.85. The van der Waals surface area contributed by atoms with Crippen molar-refractivity contribution in [2.75, 3.05) is 5.32 Å². The minimum Gasteiger partial charge on any atom is -0.354 e. The molecule has 3 aromatic rings. The predicted molar refractivity (Wildman–Crippen MR) is 121 cm³/mol. The molecule has 3 heteroatoms. The number of para-hydroxylation sites is 1. The number of nitrogens with one attached hydrogen (secondary N) is 1. The second-order valence-corrected chi connectivity index (χ2v) is 9.80. The van der Waals surface area contributed by atoms with Crippen molar-refractivity contribution in [3.05, 3.63) is 101 Å². The van der Waals surface area contributed by atoms with Crippen LogP contribution in [0, 0.1) is 0 Å². The number of Topliss-reactive ketones (excluding diaryl/α,β-unsaturated/α-hetero) is 1. The number of fused-ring (bicyclic) bond motifs is 3. The lowest BCUT2D eigenvalue weighted by Crippen LogP contribution is -2.12. The molecule has 144 valence electrons. The van der Waals surface area contributed by atoms with E-state index >= 15 is 0 Å². The number of anilines is 1. The Morgan fingerprint density at radius 3 is 2.21 bits per heavy atom. The fourth-order valence-corrected chi connectivity index (χ4v) is 5.37. The molecule has 1 aliphatic heterocycles. The molecule has 1 N–H and O–H groups in total. The van der Waals surface area contributed by atoms with Gasteiger partial charge >= 0.3 is 0 Å². The van der Waals surface area contributed by atoms with E-state index in [1.54, 1.807) is 11.8 Å². The highest BCUT2D eigenvalue weighted by molar-refractivity contribution is 8.00. The second kappa shape index (κ2) is 6.64. The fourth-order valence-electron chi connectivity index (χ4n) is 4.07. The lowest BCUT2D eigenvalue weighted by Gasteiger charge is -2.21. The molecule has 0 saturated carbocycles. The Morgan fingerprint density at radius 1 is 0.828 bits per heavy atom. The molecule has 0 bridgehead atoms. The highest BCUT2D eigenvalue weighted by Crippen LogP contribution is 2.52. The molecule has 1 heterocycles. The van der Waals surface area contributed by atoms with E-state index in [-0.39, 0.29) is 16.4 Å². The quantitative estimate of drug-likeness (QED) is 0.487. The number of thioether (sulfide) groups is 1. The summed E-state index contributed by atoms with van der Waals surface area (Å²) in [7, 11) is 0. The number of carbonyl (C=O) groups excluding carboxylic acids is 1. The van der Waals surface area contributed by atoms with Gasteiger partial charge in [-0.15, -0.1) is 11.8 Å². The number of ketones is 1. The molecule has 0 unspecified atom stereocenters. The van der Waals surface area contributed by atoms with Crippen LogP contribution in [0.2, 0.25) is 0 Å². The van der Waals surface area contributed by atoms with Gasteiger partial charge in [0.2, 0.25) is 0 Å². The third-order valence-electron chi connectivity index (χ3n) is 5.69. The summed E-state index contributed by atoms with van der Waals surface area (Å²) in [6, 6.07) is 25.0. The van der Waals surface area contributed by atoms with Gasteiger partial charge in [-0.3, -0.25) is 4.79 Å². The summed E-state index contributed by atoms with van der Waals surface area (Å²) in [5.74, 6) is 0.133. The van der Waals surface area contributed by atoms with Crippen LogP contribution in [0.4, 0.5) is 5.69 Å². The van der Waals surface area contributed by atoms with Crippen molar-refractivity contribution in [1.29, 1.82) is 0 Å². The van der Waals surface area contributed by atoms with E-state index in [0.717, 1.165) is 38.5 Å². The molecule has 2 nitrogen and oxygen atoms in total. The third kappa shape index (κ3) is 3.01. The molecule has 0 saturated heterocycles. The van der Waals surface area contributed by atoms with Gasteiger partial charge in [0.05, 0.1) is 16.6 Å². The normalized spacial score (nSPS) is 17.9. The first-order chi connectivity index (χ1) is 13.9. The maximum atomic E-state index is 13.4. The van der Waals surface area contributed by atoms with Crippen LogP contribution in [0.5, 0.6) is 0 Å². The molecule has 2 aliphatic rings. The monoisotopic (exact) mass is 397 g/mol. The van der Waals surface area contributed by atoms with E-state index < -0.39 is 0 Å². The summed E-state index contributed by atoms with van der Waals surface area (Å²) in [4.78, 5) is 14.6. The highest BCUT2D eigenvalue weighted by Gasteiger charge is 2.38. The molecule has 1 atom stereocenters. The molecule has 29 heavy (non-hydrogen) atoms. The van der Waals surface area contributed by atoms with Crippen LogP contribution in [0.1, 0.15) is 53.1 Å². The van der Waals surface area contributed by atoms with Crippen LogP contribution >= 0.6 is 11.8 Å². The molecule has 0 spiro atoms. The molecular formula is C26H23NOS. The van der Waals surface area contributed by atoms with E-state index in [1.165, 1.54) is 5.56 Å². The minimum atomic E-state index is -0.0462. The van der Waals surface area contributed by atoms with Crippen molar-refractivity contribution >= 4 is 28.9 Å². The maximum absolute atomic E-state index is 13.4. The smallest absolute Gasteiger partial charge is 0.193 e. The van der Waals surface area contributed by atoms with E-state index in [2.05, 4.69) is 68.6 Å². The zero-order valence-electron chi connectivity index (χ0n) is 16.8.